The van der Waals surface area contributed by atoms with Crippen molar-refractivity contribution in [2.75, 3.05) is 19.6 Å². The summed E-state index contributed by atoms with van der Waals surface area (Å²) in [6.07, 6.45) is 4.45. The molecule has 1 aliphatic rings. The molecule has 0 radical (unpaired) electrons. The molecule has 1 fully saturated rings. The summed E-state index contributed by atoms with van der Waals surface area (Å²) in [6, 6.07) is 7.88. The lowest BCUT2D eigenvalue weighted by atomic mass is 9.97. The molecule has 8 heteroatoms. The van der Waals surface area contributed by atoms with Crippen LogP contribution in [0.5, 0.6) is 0 Å². The van der Waals surface area contributed by atoms with E-state index in [1.165, 1.54) is 4.31 Å². The maximum absolute atomic E-state index is 13.2. The molecule has 0 spiro atoms. The van der Waals surface area contributed by atoms with E-state index < -0.39 is 10.0 Å². The molecule has 0 unspecified atom stereocenters. The molecule has 1 N–H and O–H groups in total. The fourth-order valence-corrected chi connectivity index (χ4v) is 5.17. The quantitative estimate of drug-likeness (QED) is 0.780. The van der Waals surface area contributed by atoms with E-state index in [1.54, 1.807) is 19.1 Å². The number of nitrogens with one attached hydrogen (secondary N) is 1. The van der Waals surface area contributed by atoms with Gasteiger partial charge in [-0.15, -0.1) is 0 Å². The number of benzene rings is 1. The molecule has 0 bridgehead atoms. The summed E-state index contributed by atoms with van der Waals surface area (Å²) in [5, 5.41) is 6.68. The second-order valence-corrected chi connectivity index (χ2v) is 9.15. The summed E-state index contributed by atoms with van der Waals surface area (Å²) in [4.78, 5) is 12.1. The van der Waals surface area contributed by atoms with Gasteiger partial charge in [-0.1, -0.05) is 41.1 Å². The summed E-state index contributed by atoms with van der Waals surface area (Å²) in [7, 11) is -3.76. The van der Waals surface area contributed by atoms with Gasteiger partial charge >= 0.3 is 0 Å². The molecule has 1 amide bonds. The van der Waals surface area contributed by atoms with Crippen LogP contribution in [0.4, 0.5) is 0 Å². The van der Waals surface area contributed by atoms with E-state index in [9.17, 15) is 13.2 Å². The number of nitrogens with zero attached hydrogens (tertiary/aromatic N) is 2. The number of sulfonamides is 1. The van der Waals surface area contributed by atoms with Crippen LogP contribution in [0.1, 0.15) is 42.3 Å². The number of amides is 1. The molecule has 3 rings (SSSR count). The van der Waals surface area contributed by atoms with E-state index >= 15 is 0 Å². The minimum absolute atomic E-state index is 0.00701. The van der Waals surface area contributed by atoms with Crippen molar-refractivity contribution in [1.82, 2.24) is 14.8 Å². The van der Waals surface area contributed by atoms with Crippen molar-refractivity contribution in [3.8, 4) is 0 Å². The Bertz CT molecular complexity index is 985. The molecule has 0 aliphatic carbocycles. The Hall–Kier alpha value is -2.45. The number of piperidine rings is 1. The van der Waals surface area contributed by atoms with Gasteiger partial charge in [0.15, 0.2) is 10.7 Å². The van der Waals surface area contributed by atoms with Gasteiger partial charge in [-0.25, -0.2) is 8.42 Å². The van der Waals surface area contributed by atoms with Crippen LogP contribution >= 0.6 is 0 Å². The standard InChI is InChI=1S/C21H27N3O4S/c1-4-22-21(25)18-11-13-24(14-12-18)29(26,27)20-16(3)23-28-19(20)10-9-17-7-5-15(2)6-8-17/h5-10,18H,4,11-14H2,1-3H3,(H,22,25). The Morgan fingerprint density at radius 3 is 2.48 bits per heavy atom. The summed E-state index contributed by atoms with van der Waals surface area (Å²) in [5.74, 6) is 0.0622. The van der Waals surface area contributed by atoms with Crippen molar-refractivity contribution in [2.45, 2.75) is 38.5 Å². The molecular weight excluding hydrogens is 390 g/mol. The summed E-state index contributed by atoms with van der Waals surface area (Å²) in [6.45, 7) is 6.69. The first-order chi connectivity index (χ1) is 13.8. The molecule has 1 aliphatic heterocycles. The minimum Gasteiger partial charge on any atom is -0.356 e. The van der Waals surface area contributed by atoms with Gasteiger partial charge in [-0.3, -0.25) is 4.79 Å². The Labute approximate surface area is 171 Å². The maximum Gasteiger partial charge on any atom is 0.248 e. The zero-order valence-electron chi connectivity index (χ0n) is 17.0. The Morgan fingerprint density at radius 2 is 1.86 bits per heavy atom. The normalized spacial score (nSPS) is 16.4. The molecular formula is C21H27N3O4S. The number of aryl methyl sites for hydroxylation is 2. The Kier molecular flexibility index (Phi) is 6.54. The minimum atomic E-state index is -3.76. The van der Waals surface area contributed by atoms with E-state index in [4.69, 9.17) is 4.52 Å². The van der Waals surface area contributed by atoms with Crippen LogP contribution in [-0.4, -0.2) is 43.4 Å². The van der Waals surface area contributed by atoms with Gasteiger partial charge in [0.1, 0.15) is 5.69 Å². The van der Waals surface area contributed by atoms with Crippen LogP contribution in [-0.2, 0) is 14.8 Å². The molecule has 1 saturated heterocycles. The number of rotatable bonds is 6. The van der Waals surface area contributed by atoms with E-state index in [2.05, 4.69) is 10.5 Å². The van der Waals surface area contributed by atoms with Crippen molar-refractivity contribution in [2.24, 2.45) is 5.92 Å². The zero-order chi connectivity index (χ0) is 21.0. The van der Waals surface area contributed by atoms with Gasteiger partial charge in [0.2, 0.25) is 15.9 Å². The first-order valence-corrected chi connectivity index (χ1v) is 11.3. The molecule has 7 nitrogen and oxygen atoms in total. The van der Waals surface area contributed by atoms with Gasteiger partial charge in [0, 0.05) is 25.6 Å². The predicted octanol–water partition coefficient (Wildman–Crippen LogP) is 3.00. The highest BCUT2D eigenvalue weighted by atomic mass is 32.2. The zero-order valence-corrected chi connectivity index (χ0v) is 17.8. The smallest absolute Gasteiger partial charge is 0.248 e. The lowest BCUT2D eigenvalue weighted by molar-refractivity contribution is -0.126. The van der Waals surface area contributed by atoms with Gasteiger partial charge in [-0.05, 0) is 45.3 Å². The second kappa shape index (κ2) is 8.92. The average Bonchev–Trinajstić information content (AvgIpc) is 3.09. The first kappa shape index (κ1) is 21.3. The second-order valence-electron chi connectivity index (χ2n) is 7.28. The van der Waals surface area contributed by atoms with Crippen LogP contribution in [0, 0.1) is 19.8 Å². The third-order valence-corrected chi connectivity index (χ3v) is 7.17. The topological polar surface area (TPSA) is 92.5 Å². The third-order valence-electron chi connectivity index (χ3n) is 5.11. The lowest BCUT2D eigenvalue weighted by Crippen LogP contribution is -2.43. The van der Waals surface area contributed by atoms with E-state index in [0.29, 0.717) is 38.2 Å². The number of hydrogen-bond acceptors (Lipinski definition) is 5. The summed E-state index contributed by atoms with van der Waals surface area (Å²) < 4.78 is 33.2. The fraction of sp³-hybridized carbons (Fsp3) is 0.429. The van der Waals surface area contributed by atoms with E-state index in [-0.39, 0.29) is 22.5 Å². The van der Waals surface area contributed by atoms with E-state index in [0.717, 1.165) is 11.1 Å². The molecule has 0 atom stereocenters. The first-order valence-electron chi connectivity index (χ1n) is 9.81. The monoisotopic (exact) mass is 417 g/mol. The van der Waals surface area contributed by atoms with Gasteiger partial charge < -0.3 is 9.84 Å². The molecule has 156 valence electrons. The molecule has 1 aromatic carbocycles. The highest BCUT2D eigenvalue weighted by Crippen LogP contribution is 2.29. The molecule has 29 heavy (non-hydrogen) atoms. The SMILES string of the molecule is CCNC(=O)C1CCN(S(=O)(=O)c2c(C)noc2C=Cc2ccc(C)cc2)CC1. The van der Waals surface area contributed by atoms with Crippen molar-refractivity contribution in [1.29, 1.82) is 0 Å². The highest BCUT2D eigenvalue weighted by Gasteiger charge is 2.35. The molecule has 0 saturated carbocycles. The fourth-order valence-electron chi connectivity index (χ4n) is 3.45. The molecule has 2 aromatic rings. The Balaban J connectivity index is 1.78. The number of carbonyl (C=O) groups is 1. The van der Waals surface area contributed by atoms with Crippen LogP contribution in [0.15, 0.2) is 33.7 Å². The van der Waals surface area contributed by atoms with Crippen molar-refractivity contribution < 1.29 is 17.7 Å². The average molecular weight is 418 g/mol. The largest absolute Gasteiger partial charge is 0.356 e. The van der Waals surface area contributed by atoms with Crippen LogP contribution in [0.25, 0.3) is 12.2 Å². The van der Waals surface area contributed by atoms with Crippen molar-refractivity contribution >= 4 is 28.1 Å². The predicted molar refractivity (Wildman–Crippen MR) is 112 cm³/mol. The highest BCUT2D eigenvalue weighted by molar-refractivity contribution is 7.89. The van der Waals surface area contributed by atoms with Crippen LogP contribution in [0.3, 0.4) is 0 Å². The van der Waals surface area contributed by atoms with Gasteiger partial charge in [0.05, 0.1) is 0 Å². The molecule has 1 aromatic heterocycles. The van der Waals surface area contributed by atoms with Gasteiger partial charge in [-0.2, -0.15) is 4.31 Å². The maximum atomic E-state index is 13.2. The molecule has 2 heterocycles. The Morgan fingerprint density at radius 1 is 1.21 bits per heavy atom. The lowest BCUT2D eigenvalue weighted by Gasteiger charge is -2.30. The van der Waals surface area contributed by atoms with E-state index in [1.807, 2.05) is 38.1 Å². The van der Waals surface area contributed by atoms with Crippen molar-refractivity contribution in [3.05, 3.63) is 46.8 Å². The third kappa shape index (κ3) is 4.76. The summed E-state index contributed by atoms with van der Waals surface area (Å²) >= 11 is 0. The number of aromatic nitrogens is 1. The van der Waals surface area contributed by atoms with Crippen LogP contribution < -0.4 is 5.32 Å². The number of carbonyl (C=O) groups excluding carboxylic acids is 1. The van der Waals surface area contributed by atoms with Gasteiger partial charge in [0.25, 0.3) is 0 Å². The van der Waals surface area contributed by atoms with Crippen molar-refractivity contribution in [3.63, 3.8) is 0 Å². The number of hydrogen-bond donors (Lipinski definition) is 1. The summed E-state index contributed by atoms with van der Waals surface area (Å²) in [5.41, 5.74) is 2.42. The van der Waals surface area contributed by atoms with Crippen LogP contribution in [0.2, 0.25) is 0 Å².